The second kappa shape index (κ2) is 3.29. The van der Waals surface area contributed by atoms with Gasteiger partial charge >= 0.3 is 0 Å². The van der Waals surface area contributed by atoms with Crippen LogP contribution in [0.25, 0.3) is 11.1 Å². The van der Waals surface area contributed by atoms with Gasteiger partial charge in [0.1, 0.15) is 0 Å². The molecule has 1 aromatic heterocycles. The second-order valence-corrected chi connectivity index (χ2v) is 3.42. The Kier molecular flexibility index (Phi) is 2.12. The van der Waals surface area contributed by atoms with Gasteiger partial charge < -0.3 is 4.57 Å². The first kappa shape index (κ1) is 9.00. The number of hydrogen-bond acceptors (Lipinski definition) is 0. The molecule has 0 amide bonds. The molecule has 72 valence electrons. The van der Waals surface area contributed by atoms with Crippen molar-refractivity contribution in [1.82, 2.24) is 4.57 Å². The number of benzene rings is 1. The summed E-state index contributed by atoms with van der Waals surface area (Å²) in [6, 6.07) is 9.58. The van der Waals surface area contributed by atoms with Crippen molar-refractivity contribution in [3.05, 3.63) is 48.0 Å². The lowest BCUT2D eigenvalue weighted by atomic mass is 10.1. The summed E-state index contributed by atoms with van der Waals surface area (Å²) in [6.45, 7) is 1.78. The van der Waals surface area contributed by atoms with Gasteiger partial charge in [-0.25, -0.2) is 4.39 Å². The zero-order valence-electron chi connectivity index (χ0n) is 8.29. The number of hydrogen-bond donors (Lipinski definition) is 0. The van der Waals surface area contributed by atoms with E-state index in [1.54, 1.807) is 11.5 Å². The molecule has 0 aliphatic carbocycles. The highest BCUT2D eigenvalue weighted by molar-refractivity contribution is 5.64. The van der Waals surface area contributed by atoms with Crippen LogP contribution in [-0.2, 0) is 7.05 Å². The third kappa shape index (κ3) is 1.33. The van der Waals surface area contributed by atoms with Crippen LogP contribution in [0.1, 0.15) is 5.69 Å². The van der Waals surface area contributed by atoms with Crippen LogP contribution in [-0.4, -0.2) is 4.57 Å². The number of rotatable bonds is 1. The fraction of sp³-hybridized carbons (Fsp3) is 0.167. The molecule has 14 heavy (non-hydrogen) atoms. The molecule has 0 spiro atoms. The van der Waals surface area contributed by atoms with Gasteiger partial charge in [0.2, 0.25) is 0 Å². The van der Waals surface area contributed by atoms with E-state index in [4.69, 9.17) is 0 Å². The summed E-state index contributed by atoms with van der Waals surface area (Å²) >= 11 is 0. The van der Waals surface area contributed by atoms with Crippen molar-refractivity contribution in [3.8, 4) is 11.1 Å². The van der Waals surface area contributed by atoms with E-state index < -0.39 is 0 Å². The zero-order chi connectivity index (χ0) is 10.1. The van der Waals surface area contributed by atoms with E-state index >= 15 is 0 Å². The van der Waals surface area contributed by atoms with Crippen LogP contribution in [0.5, 0.6) is 0 Å². The van der Waals surface area contributed by atoms with Crippen molar-refractivity contribution in [1.29, 1.82) is 0 Å². The van der Waals surface area contributed by atoms with Crippen molar-refractivity contribution in [2.45, 2.75) is 6.92 Å². The summed E-state index contributed by atoms with van der Waals surface area (Å²) in [5, 5.41) is 0. The molecular weight excluding hydrogens is 177 g/mol. The second-order valence-electron chi connectivity index (χ2n) is 3.42. The van der Waals surface area contributed by atoms with E-state index in [-0.39, 0.29) is 5.82 Å². The minimum Gasteiger partial charge on any atom is -0.351 e. The summed E-state index contributed by atoms with van der Waals surface area (Å²) in [5.74, 6) is -0.126. The Morgan fingerprint density at radius 1 is 1.14 bits per heavy atom. The molecule has 0 aliphatic rings. The van der Waals surface area contributed by atoms with Gasteiger partial charge in [-0.05, 0) is 12.5 Å². The molecule has 0 atom stereocenters. The van der Waals surface area contributed by atoms with E-state index in [1.165, 1.54) is 0 Å². The molecule has 0 fully saturated rings. The lowest BCUT2D eigenvalue weighted by molar-refractivity contribution is 0.614. The lowest BCUT2D eigenvalue weighted by Crippen LogP contribution is -1.87. The normalized spacial score (nSPS) is 10.5. The van der Waals surface area contributed by atoms with Gasteiger partial charge in [0.25, 0.3) is 0 Å². The number of aryl methyl sites for hydroxylation is 1. The molecule has 2 rings (SSSR count). The lowest BCUT2D eigenvalue weighted by Gasteiger charge is -1.96. The molecule has 1 aromatic carbocycles. The zero-order valence-corrected chi connectivity index (χ0v) is 8.29. The van der Waals surface area contributed by atoms with Gasteiger partial charge in [0, 0.05) is 18.8 Å². The van der Waals surface area contributed by atoms with Crippen LogP contribution >= 0.6 is 0 Å². The SMILES string of the molecule is Cc1c(F)c(-c2ccccc2)cn1C. The molecule has 0 saturated heterocycles. The van der Waals surface area contributed by atoms with Crippen molar-refractivity contribution < 1.29 is 4.39 Å². The molecule has 0 unspecified atom stereocenters. The Hall–Kier alpha value is -1.57. The molecule has 0 bridgehead atoms. The van der Waals surface area contributed by atoms with Crippen molar-refractivity contribution >= 4 is 0 Å². The summed E-state index contributed by atoms with van der Waals surface area (Å²) in [5.41, 5.74) is 2.27. The Bertz CT molecular complexity index is 443. The maximum absolute atomic E-state index is 13.7. The van der Waals surface area contributed by atoms with Crippen molar-refractivity contribution in [2.24, 2.45) is 7.05 Å². The van der Waals surface area contributed by atoms with Gasteiger partial charge in [0.15, 0.2) is 5.82 Å². The molecule has 2 aromatic rings. The Morgan fingerprint density at radius 3 is 2.29 bits per heavy atom. The topological polar surface area (TPSA) is 4.93 Å². The predicted octanol–water partition coefficient (Wildman–Crippen LogP) is 3.14. The Balaban J connectivity index is 2.58. The van der Waals surface area contributed by atoms with E-state index in [9.17, 15) is 4.39 Å². The Morgan fingerprint density at radius 2 is 1.79 bits per heavy atom. The van der Waals surface area contributed by atoms with Gasteiger partial charge in [0.05, 0.1) is 5.69 Å². The van der Waals surface area contributed by atoms with Crippen LogP contribution in [0.4, 0.5) is 4.39 Å². The third-order valence-electron chi connectivity index (χ3n) is 2.49. The molecular formula is C12H12FN. The van der Waals surface area contributed by atoms with Crippen LogP contribution in [0, 0.1) is 12.7 Å². The van der Waals surface area contributed by atoms with Crippen LogP contribution in [0.2, 0.25) is 0 Å². The van der Waals surface area contributed by atoms with Crippen molar-refractivity contribution in [3.63, 3.8) is 0 Å². The van der Waals surface area contributed by atoms with Crippen LogP contribution in [0.3, 0.4) is 0 Å². The molecule has 1 heterocycles. The summed E-state index contributed by atoms with van der Waals surface area (Å²) < 4.78 is 15.5. The van der Waals surface area contributed by atoms with Gasteiger partial charge in [-0.2, -0.15) is 0 Å². The van der Waals surface area contributed by atoms with E-state index in [0.717, 1.165) is 5.56 Å². The highest BCUT2D eigenvalue weighted by Crippen LogP contribution is 2.25. The fourth-order valence-corrected chi connectivity index (χ4v) is 1.52. The first-order valence-corrected chi connectivity index (χ1v) is 4.57. The monoisotopic (exact) mass is 189 g/mol. The average molecular weight is 189 g/mol. The molecule has 0 aliphatic heterocycles. The number of aromatic nitrogens is 1. The van der Waals surface area contributed by atoms with Crippen LogP contribution in [0.15, 0.2) is 36.5 Å². The van der Waals surface area contributed by atoms with E-state index in [0.29, 0.717) is 11.3 Å². The maximum Gasteiger partial charge on any atom is 0.151 e. The largest absolute Gasteiger partial charge is 0.351 e. The Labute approximate surface area is 82.8 Å². The van der Waals surface area contributed by atoms with Gasteiger partial charge in [-0.1, -0.05) is 30.3 Å². The highest BCUT2D eigenvalue weighted by Gasteiger charge is 2.11. The highest BCUT2D eigenvalue weighted by atomic mass is 19.1. The summed E-state index contributed by atoms with van der Waals surface area (Å²) in [7, 11) is 1.85. The smallest absolute Gasteiger partial charge is 0.151 e. The van der Waals surface area contributed by atoms with E-state index in [2.05, 4.69) is 0 Å². The summed E-state index contributed by atoms with van der Waals surface area (Å²) in [6.07, 6.45) is 1.82. The van der Waals surface area contributed by atoms with Crippen LogP contribution < -0.4 is 0 Å². The molecule has 0 N–H and O–H groups in total. The molecule has 2 heteroatoms. The quantitative estimate of drug-likeness (QED) is 0.649. The minimum atomic E-state index is -0.126. The number of nitrogens with zero attached hydrogens (tertiary/aromatic N) is 1. The first-order valence-electron chi connectivity index (χ1n) is 4.57. The molecule has 0 radical (unpaired) electrons. The van der Waals surface area contributed by atoms with Crippen molar-refractivity contribution in [2.75, 3.05) is 0 Å². The third-order valence-corrected chi connectivity index (χ3v) is 2.49. The fourth-order valence-electron chi connectivity index (χ4n) is 1.52. The van der Waals surface area contributed by atoms with E-state index in [1.807, 2.05) is 43.6 Å². The minimum absolute atomic E-state index is 0.126. The maximum atomic E-state index is 13.7. The predicted molar refractivity (Wildman–Crippen MR) is 55.5 cm³/mol. The first-order chi connectivity index (χ1) is 6.70. The van der Waals surface area contributed by atoms with Gasteiger partial charge in [-0.15, -0.1) is 0 Å². The standard InChI is InChI=1S/C12H12FN/c1-9-12(13)11(8-14(9)2)10-6-4-3-5-7-10/h3-8H,1-2H3. The van der Waals surface area contributed by atoms with Gasteiger partial charge in [-0.3, -0.25) is 0 Å². The number of halogens is 1. The molecule has 1 nitrogen and oxygen atoms in total. The average Bonchev–Trinajstić information content (AvgIpc) is 2.47. The molecule has 0 saturated carbocycles. The summed E-state index contributed by atoms with van der Waals surface area (Å²) in [4.78, 5) is 0.